The number of nitrogens with one attached hydrogen (secondary N) is 4. The van der Waals surface area contributed by atoms with E-state index >= 15 is 0 Å². The summed E-state index contributed by atoms with van der Waals surface area (Å²) in [6, 6.07) is 12.1. The summed E-state index contributed by atoms with van der Waals surface area (Å²) in [5.41, 5.74) is 2.80. The van der Waals surface area contributed by atoms with E-state index in [4.69, 9.17) is 4.74 Å². The Labute approximate surface area is 185 Å². The number of methoxy groups -OCH3 is 1. The Bertz CT molecular complexity index is 1040. The van der Waals surface area contributed by atoms with E-state index in [9.17, 15) is 9.18 Å². The van der Waals surface area contributed by atoms with Crippen LogP contribution in [-0.4, -0.2) is 52.9 Å². The fourth-order valence-electron chi connectivity index (χ4n) is 4.37. The molecule has 2 amide bonds. The van der Waals surface area contributed by atoms with Crippen molar-refractivity contribution in [2.24, 2.45) is 0 Å². The monoisotopic (exact) mass is 439 g/mol. The summed E-state index contributed by atoms with van der Waals surface area (Å²) in [6.07, 6.45) is 1.68. The lowest BCUT2D eigenvalue weighted by atomic mass is 9.90. The number of H-pyrrole nitrogens is 1. The van der Waals surface area contributed by atoms with Crippen LogP contribution in [0, 0.1) is 5.82 Å². The predicted molar refractivity (Wildman–Crippen MR) is 117 cm³/mol. The van der Waals surface area contributed by atoms with Gasteiger partial charge in [-0.2, -0.15) is 0 Å². The van der Waals surface area contributed by atoms with Crippen molar-refractivity contribution in [3.63, 3.8) is 0 Å². The number of hydrogen-bond donors (Lipinski definition) is 4. The highest BCUT2D eigenvalue weighted by molar-refractivity contribution is 5.74. The molecule has 1 fully saturated rings. The van der Waals surface area contributed by atoms with Crippen LogP contribution in [0.2, 0.25) is 0 Å². The molecule has 3 aromatic rings. The number of rotatable bonds is 7. The lowest BCUT2D eigenvalue weighted by Crippen LogP contribution is -2.44. The minimum atomic E-state index is -0.282. The van der Waals surface area contributed by atoms with Gasteiger partial charge in [-0.3, -0.25) is 0 Å². The molecule has 0 aliphatic heterocycles. The number of nitrogens with zero attached hydrogens (tertiary/aromatic N) is 3. The molecule has 168 valence electrons. The Hall–Kier alpha value is -3.53. The summed E-state index contributed by atoms with van der Waals surface area (Å²) in [5.74, 6) is 1.05. The normalized spacial score (nSPS) is 20.2. The van der Waals surface area contributed by atoms with Gasteiger partial charge in [0.25, 0.3) is 0 Å². The molecule has 1 aromatic heterocycles. The van der Waals surface area contributed by atoms with Crippen LogP contribution in [0.3, 0.4) is 0 Å². The van der Waals surface area contributed by atoms with Gasteiger partial charge in [0.1, 0.15) is 11.6 Å². The highest BCUT2D eigenvalue weighted by Crippen LogP contribution is 2.36. The standard InChI is InChI=1S/C22H26FN7O2/c1-24-22(31)26-18-9-8-17(20(18)13-3-6-16(23)7-4-13)25-12-15-11-14(5-10-19(15)32-2)21-27-29-30-28-21/h3-7,10-11,17-18,20,25H,8-9,12H2,1-2H3,(H2,24,26,31)(H,27,28,29,30). The van der Waals surface area contributed by atoms with Crippen molar-refractivity contribution >= 4 is 6.03 Å². The molecular formula is C22H26FN7O2. The number of aromatic amines is 1. The van der Waals surface area contributed by atoms with Crippen molar-refractivity contribution < 1.29 is 13.9 Å². The molecule has 32 heavy (non-hydrogen) atoms. The minimum absolute atomic E-state index is 0.000510. The SMILES string of the molecule is CNC(=O)NC1CCC(NCc2cc(-c3nnn[nH]3)ccc2OC)C1c1ccc(F)cc1. The molecule has 3 atom stereocenters. The fourth-order valence-corrected chi connectivity index (χ4v) is 4.37. The average molecular weight is 439 g/mol. The molecule has 3 unspecified atom stereocenters. The summed E-state index contributed by atoms with van der Waals surface area (Å²) in [7, 11) is 3.23. The summed E-state index contributed by atoms with van der Waals surface area (Å²) in [6.45, 7) is 0.549. The highest BCUT2D eigenvalue weighted by atomic mass is 19.1. The van der Waals surface area contributed by atoms with Gasteiger partial charge in [-0.1, -0.05) is 12.1 Å². The topological polar surface area (TPSA) is 117 Å². The number of tetrazole rings is 1. The zero-order chi connectivity index (χ0) is 22.5. The average Bonchev–Trinajstić information content (AvgIpc) is 3.48. The first-order valence-corrected chi connectivity index (χ1v) is 10.5. The van der Waals surface area contributed by atoms with E-state index in [1.54, 1.807) is 26.3 Å². The van der Waals surface area contributed by atoms with Crippen LogP contribution in [0.4, 0.5) is 9.18 Å². The van der Waals surface area contributed by atoms with Gasteiger partial charge in [-0.25, -0.2) is 14.3 Å². The van der Waals surface area contributed by atoms with Crippen molar-refractivity contribution in [3.05, 3.63) is 59.4 Å². The molecular weight excluding hydrogens is 413 g/mol. The Morgan fingerprint density at radius 3 is 2.66 bits per heavy atom. The summed E-state index contributed by atoms with van der Waals surface area (Å²) in [5, 5.41) is 23.3. The van der Waals surface area contributed by atoms with E-state index in [-0.39, 0.29) is 29.8 Å². The lowest BCUT2D eigenvalue weighted by Gasteiger charge is -2.27. The molecule has 0 radical (unpaired) electrons. The first-order chi connectivity index (χ1) is 15.6. The molecule has 0 saturated heterocycles. The van der Waals surface area contributed by atoms with Crippen LogP contribution in [-0.2, 0) is 6.54 Å². The maximum absolute atomic E-state index is 13.5. The van der Waals surface area contributed by atoms with Crippen LogP contribution in [0.5, 0.6) is 5.75 Å². The number of hydrogen-bond acceptors (Lipinski definition) is 6. The predicted octanol–water partition coefficient (Wildman–Crippen LogP) is 2.35. The molecule has 1 aliphatic rings. The maximum Gasteiger partial charge on any atom is 0.314 e. The van der Waals surface area contributed by atoms with Gasteiger partial charge in [-0.15, -0.1) is 5.10 Å². The molecule has 4 rings (SSSR count). The molecule has 1 aliphatic carbocycles. The van der Waals surface area contributed by atoms with Gasteiger partial charge >= 0.3 is 6.03 Å². The van der Waals surface area contributed by atoms with E-state index < -0.39 is 0 Å². The zero-order valence-electron chi connectivity index (χ0n) is 17.9. The van der Waals surface area contributed by atoms with E-state index in [0.29, 0.717) is 12.4 Å². The largest absolute Gasteiger partial charge is 0.496 e. The molecule has 2 aromatic carbocycles. The molecule has 10 heteroatoms. The minimum Gasteiger partial charge on any atom is -0.496 e. The van der Waals surface area contributed by atoms with E-state index in [1.807, 2.05) is 18.2 Å². The quantitative estimate of drug-likeness (QED) is 0.449. The Kier molecular flexibility index (Phi) is 6.60. The summed E-state index contributed by atoms with van der Waals surface area (Å²) in [4.78, 5) is 12.0. The molecule has 0 spiro atoms. The van der Waals surface area contributed by atoms with Crippen LogP contribution in [0.25, 0.3) is 11.4 Å². The number of benzene rings is 2. The van der Waals surface area contributed by atoms with Gasteiger partial charge in [0.15, 0.2) is 5.82 Å². The number of halogens is 1. The van der Waals surface area contributed by atoms with Gasteiger partial charge in [-0.05, 0) is 59.2 Å². The molecule has 1 saturated carbocycles. The van der Waals surface area contributed by atoms with Crippen molar-refractivity contribution in [3.8, 4) is 17.1 Å². The molecule has 0 bridgehead atoms. The Morgan fingerprint density at radius 2 is 1.97 bits per heavy atom. The van der Waals surface area contributed by atoms with Gasteiger partial charge < -0.3 is 20.7 Å². The van der Waals surface area contributed by atoms with Gasteiger partial charge in [0.2, 0.25) is 0 Å². The van der Waals surface area contributed by atoms with Crippen LogP contribution in [0.1, 0.15) is 29.9 Å². The smallest absolute Gasteiger partial charge is 0.314 e. The van der Waals surface area contributed by atoms with Crippen LogP contribution >= 0.6 is 0 Å². The van der Waals surface area contributed by atoms with Gasteiger partial charge in [0.05, 0.1) is 7.11 Å². The summed E-state index contributed by atoms with van der Waals surface area (Å²) >= 11 is 0. The Morgan fingerprint density at radius 1 is 1.19 bits per heavy atom. The number of ether oxygens (including phenoxy) is 1. The van der Waals surface area contributed by atoms with Crippen LogP contribution < -0.4 is 20.7 Å². The third-order valence-electron chi connectivity index (χ3n) is 5.91. The second kappa shape index (κ2) is 9.73. The Balaban J connectivity index is 1.55. The fraction of sp³-hybridized carbons (Fsp3) is 0.364. The second-order valence-electron chi connectivity index (χ2n) is 7.75. The van der Waals surface area contributed by atoms with E-state index in [1.165, 1.54) is 12.1 Å². The summed E-state index contributed by atoms with van der Waals surface area (Å²) < 4.78 is 19.1. The third kappa shape index (κ3) is 4.70. The lowest BCUT2D eigenvalue weighted by molar-refractivity contribution is 0.237. The molecule has 1 heterocycles. The zero-order valence-corrected chi connectivity index (χ0v) is 17.9. The number of amides is 2. The number of carbonyl (C=O) groups is 1. The molecule has 4 N–H and O–H groups in total. The van der Waals surface area contributed by atoms with Crippen molar-refractivity contribution in [1.29, 1.82) is 0 Å². The number of carbonyl (C=O) groups excluding carboxylic acids is 1. The number of aromatic nitrogens is 4. The van der Waals surface area contributed by atoms with Gasteiger partial charge in [0, 0.05) is 42.7 Å². The molecule has 9 nitrogen and oxygen atoms in total. The third-order valence-corrected chi connectivity index (χ3v) is 5.91. The van der Waals surface area contributed by atoms with Crippen LogP contribution in [0.15, 0.2) is 42.5 Å². The van der Waals surface area contributed by atoms with E-state index in [0.717, 1.165) is 35.3 Å². The van der Waals surface area contributed by atoms with Crippen molar-refractivity contribution in [2.45, 2.75) is 37.4 Å². The first-order valence-electron chi connectivity index (χ1n) is 10.5. The maximum atomic E-state index is 13.5. The number of urea groups is 1. The van der Waals surface area contributed by atoms with Crippen molar-refractivity contribution in [1.82, 2.24) is 36.6 Å². The second-order valence-corrected chi connectivity index (χ2v) is 7.75. The highest BCUT2D eigenvalue weighted by Gasteiger charge is 2.37. The van der Waals surface area contributed by atoms with E-state index in [2.05, 4.69) is 36.6 Å². The van der Waals surface area contributed by atoms with Crippen molar-refractivity contribution in [2.75, 3.05) is 14.2 Å². The first kappa shape index (κ1) is 21.7.